The number of rotatable bonds is 4. The van der Waals surface area contributed by atoms with E-state index in [0.29, 0.717) is 16.8 Å². The third kappa shape index (κ3) is 3.81. The molecule has 0 radical (unpaired) electrons. The van der Waals surface area contributed by atoms with Crippen LogP contribution in [0.15, 0.2) is 53.9 Å². The minimum atomic E-state index is -2.69. The van der Waals surface area contributed by atoms with Gasteiger partial charge in [0, 0.05) is 55.0 Å². The quantitative estimate of drug-likeness (QED) is 0.262. The Balaban J connectivity index is 1.57. The van der Waals surface area contributed by atoms with Gasteiger partial charge in [0.15, 0.2) is 5.84 Å². The Kier molecular flexibility index (Phi) is 5.08. The number of pyridine rings is 1. The van der Waals surface area contributed by atoms with Crippen LogP contribution in [0.5, 0.6) is 0 Å². The number of nitrogens with zero attached hydrogens (tertiary/aromatic N) is 4. The second-order valence-corrected chi connectivity index (χ2v) is 7.14. The van der Waals surface area contributed by atoms with E-state index in [9.17, 15) is 13.6 Å². The Morgan fingerprint density at radius 2 is 1.83 bits per heavy atom. The number of nitrogens with one attached hydrogen (secondary N) is 1. The second-order valence-electron chi connectivity index (χ2n) is 7.14. The fraction of sp³-hybridized carbons (Fsp3) is 0.250. The highest BCUT2D eigenvalue weighted by atomic mass is 19.3. The van der Waals surface area contributed by atoms with Crippen molar-refractivity contribution < 1.29 is 13.6 Å². The lowest BCUT2D eigenvalue weighted by Gasteiger charge is -2.31. The Bertz CT molecular complexity index is 1100. The van der Waals surface area contributed by atoms with Crippen LogP contribution in [0.3, 0.4) is 0 Å². The first-order valence-corrected chi connectivity index (χ1v) is 9.42. The van der Waals surface area contributed by atoms with Crippen molar-refractivity contribution in [2.75, 3.05) is 13.1 Å². The molecule has 8 nitrogen and oxygen atoms in total. The summed E-state index contributed by atoms with van der Waals surface area (Å²) in [7, 11) is 0. The average Bonchev–Trinajstić information content (AvgIpc) is 3.17. The summed E-state index contributed by atoms with van der Waals surface area (Å²) in [4.78, 5) is 18.6. The normalized spacial score (nSPS) is 16.6. The zero-order chi connectivity index (χ0) is 21.3. The molecule has 2 aromatic heterocycles. The summed E-state index contributed by atoms with van der Waals surface area (Å²) in [5.41, 5.74) is 10.6. The largest absolute Gasteiger partial charge is 0.382 e. The summed E-state index contributed by atoms with van der Waals surface area (Å²) in [6, 6.07) is 10.9. The standard InChI is InChI=1S/C20H21F2N7O/c21-20(22)6-9-28(10-7-20)19(30)15-11-14-5-8-29(18(14)25-12-15)16-3-1-13(2-4-16)17(23)26-27-24/h1-5,8,11-12,27H,6-7,9-10,24H2,(H2,23,26). The van der Waals surface area contributed by atoms with Gasteiger partial charge in [-0.1, -0.05) is 0 Å². The summed E-state index contributed by atoms with van der Waals surface area (Å²) in [5.74, 6) is 2.43. The Labute approximate surface area is 171 Å². The molecule has 1 fully saturated rings. The highest BCUT2D eigenvalue weighted by Crippen LogP contribution is 2.29. The minimum Gasteiger partial charge on any atom is -0.382 e. The van der Waals surface area contributed by atoms with Gasteiger partial charge in [0.1, 0.15) is 5.65 Å². The van der Waals surface area contributed by atoms with E-state index in [-0.39, 0.29) is 37.7 Å². The number of likely N-dealkylation sites (tertiary alicyclic amines) is 1. The molecule has 156 valence electrons. The molecule has 0 spiro atoms. The van der Waals surface area contributed by atoms with Crippen molar-refractivity contribution in [2.45, 2.75) is 18.8 Å². The van der Waals surface area contributed by atoms with Crippen LogP contribution in [-0.2, 0) is 0 Å². The molecule has 1 aliphatic heterocycles. The van der Waals surface area contributed by atoms with Crippen molar-refractivity contribution in [1.29, 1.82) is 0 Å². The van der Waals surface area contributed by atoms with Crippen molar-refractivity contribution in [3.63, 3.8) is 0 Å². The first-order chi connectivity index (χ1) is 14.4. The lowest BCUT2D eigenvalue weighted by molar-refractivity contribution is -0.0494. The van der Waals surface area contributed by atoms with E-state index in [0.717, 1.165) is 11.1 Å². The molecule has 3 heterocycles. The number of hydrogen-bond acceptors (Lipinski definition) is 5. The Morgan fingerprint density at radius 1 is 1.13 bits per heavy atom. The molecule has 0 saturated carbocycles. The van der Waals surface area contributed by atoms with Crippen molar-refractivity contribution in [2.24, 2.45) is 16.7 Å². The molecule has 1 saturated heterocycles. The highest BCUT2D eigenvalue weighted by Gasteiger charge is 2.35. The number of hydrazone groups is 1. The molecular formula is C20H21F2N7O. The number of hydrogen-bond donors (Lipinski definition) is 3. The van der Waals surface area contributed by atoms with Gasteiger partial charge >= 0.3 is 0 Å². The molecule has 1 amide bonds. The first kappa shape index (κ1) is 19.8. The number of amidine groups is 1. The van der Waals surface area contributed by atoms with Gasteiger partial charge in [0.05, 0.1) is 5.56 Å². The molecule has 5 N–H and O–H groups in total. The molecule has 10 heteroatoms. The van der Waals surface area contributed by atoms with E-state index in [1.807, 2.05) is 29.0 Å². The third-order valence-electron chi connectivity index (χ3n) is 5.18. The lowest BCUT2D eigenvalue weighted by atomic mass is 10.1. The van der Waals surface area contributed by atoms with Gasteiger partial charge in [0.2, 0.25) is 0 Å². The fourth-order valence-electron chi connectivity index (χ4n) is 3.50. The van der Waals surface area contributed by atoms with Crippen LogP contribution in [-0.4, -0.2) is 45.2 Å². The molecule has 0 unspecified atom stereocenters. The molecule has 1 aromatic carbocycles. The number of alkyl halides is 2. The number of halogens is 2. The molecule has 0 atom stereocenters. The predicted octanol–water partition coefficient (Wildman–Crippen LogP) is 1.98. The van der Waals surface area contributed by atoms with Crippen molar-refractivity contribution in [3.8, 4) is 5.69 Å². The Morgan fingerprint density at radius 3 is 2.50 bits per heavy atom. The highest BCUT2D eigenvalue weighted by molar-refractivity contribution is 5.98. The summed E-state index contributed by atoms with van der Waals surface area (Å²) in [6.45, 7) is 0.0900. The minimum absolute atomic E-state index is 0.0450. The SMILES string of the molecule is NN/N=C(\N)c1ccc(-n2ccc3cc(C(=O)N4CCC(F)(F)CC4)cnc32)cc1. The van der Waals surface area contributed by atoms with Gasteiger partial charge < -0.3 is 15.2 Å². The topological polar surface area (TPSA) is 115 Å². The van der Waals surface area contributed by atoms with E-state index in [2.05, 4.69) is 15.6 Å². The Hall–Kier alpha value is -3.53. The van der Waals surface area contributed by atoms with E-state index in [1.165, 1.54) is 11.1 Å². The summed E-state index contributed by atoms with van der Waals surface area (Å²) in [6.07, 6.45) is 2.72. The summed E-state index contributed by atoms with van der Waals surface area (Å²) < 4.78 is 28.6. The summed E-state index contributed by atoms with van der Waals surface area (Å²) >= 11 is 0. The average molecular weight is 413 g/mol. The molecule has 1 aliphatic rings. The van der Waals surface area contributed by atoms with E-state index in [4.69, 9.17) is 11.6 Å². The van der Waals surface area contributed by atoms with Gasteiger partial charge in [-0.2, -0.15) is 0 Å². The summed E-state index contributed by atoms with van der Waals surface area (Å²) in [5, 5.41) is 4.51. The molecule has 3 aromatic rings. The lowest BCUT2D eigenvalue weighted by Crippen LogP contribution is -2.42. The zero-order valence-corrected chi connectivity index (χ0v) is 16.1. The van der Waals surface area contributed by atoms with Gasteiger partial charge in [-0.3, -0.25) is 4.79 Å². The number of carbonyl (C=O) groups excluding carboxylic acids is 1. The number of benzene rings is 1. The fourth-order valence-corrected chi connectivity index (χ4v) is 3.50. The smallest absolute Gasteiger partial charge is 0.255 e. The van der Waals surface area contributed by atoms with Crippen LogP contribution >= 0.6 is 0 Å². The maximum Gasteiger partial charge on any atom is 0.255 e. The van der Waals surface area contributed by atoms with Crippen LogP contribution in [0.1, 0.15) is 28.8 Å². The van der Waals surface area contributed by atoms with Crippen LogP contribution in [0, 0.1) is 0 Å². The molecule has 4 rings (SSSR count). The van der Waals surface area contributed by atoms with Crippen LogP contribution < -0.4 is 17.1 Å². The van der Waals surface area contributed by atoms with E-state index in [1.54, 1.807) is 18.2 Å². The van der Waals surface area contributed by atoms with Crippen molar-refractivity contribution in [1.82, 2.24) is 20.0 Å². The van der Waals surface area contributed by atoms with E-state index >= 15 is 0 Å². The van der Waals surface area contributed by atoms with Crippen LogP contribution in [0.25, 0.3) is 16.7 Å². The number of piperidine rings is 1. The monoisotopic (exact) mass is 413 g/mol. The van der Waals surface area contributed by atoms with Crippen LogP contribution in [0.4, 0.5) is 8.78 Å². The predicted molar refractivity (Wildman–Crippen MR) is 109 cm³/mol. The molecule has 0 aliphatic carbocycles. The maximum absolute atomic E-state index is 13.3. The zero-order valence-electron chi connectivity index (χ0n) is 16.1. The molecule has 30 heavy (non-hydrogen) atoms. The maximum atomic E-state index is 13.3. The number of nitrogens with two attached hydrogens (primary N) is 2. The van der Waals surface area contributed by atoms with Crippen molar-refractivity contribution >= 4 is 22.8 Å². The number of fused-ring (bicyclic) bond motifs is 1. The number of amides is 1. The third-order valence-corrected chi connectivity index (χ3v) is 5.18. The van der Waals surface area contributed by atoms with Gasteiger partial charge in [0.25, 0.3) is 11.8 Å². The molecule has 0 bridgehead atoms. The number of carbonyl (C=O) groups is 1. The van der Waals surface area contributed by atoms with Gasteiger partial charge in [-0.05, 0) is 36.4 Å². The first-order valence-electron chi connectivity index (χ1n) is 9.42. The van der Waals surface area contributed by atoms with Crippen molar-refractivity contribution in [3.05, 3.63) is 59.9 Å². The number of aromatic nitrogens is 2. The molecular weight excluding hydrogens is 392 g/mol. The second kappa shape index (κ2) is 7.71. The van der Waals surface area contributed by atoms with Gasteiger partial charge in [-0.25, -0.2) is 25.1 Å². The number of hydrazine groups is 1. The van der Waals surface area contributed by atoms with Gasteiger partial charge in [-0.15, -0.1) is 5.10 Å². The van der Waals surface area contributed by atoms with E-state index < -0.39 is 5.92 Å². The van der Waals surface area contributed by atoms with Crippen LogP contribution in [0.2, 0.25) is 0 Å².